The first-order valence-electron chi connectivity index (χ1n) is 5.48. The summed E-state index contributed by atoms with van der Waals surface area (Å²) in [6.45, 7) is 3.80. The predicted molar refractivity (Wildman–Crippen MR) is 58.8 cm³/mol. The van der Waals surface area contributed by atoms with Crippen LogP contribution in [0.4, 0.5) is 0 Å². The topological polar surface area (TPSA) is 50.4 Å². The van der Waals surface area contributed by atoms with E-state index in [0.29, 0.717) is 6.04 Å². The molecule has 1 heterocycles. The van der Waals surface area contributed by atoms with E-state index in [2.05, 4.69) is 17.1 Å². The van der Waals surface area contributed by atoms with Crippen LogP contribution in [0, 0.1) is 11.8 Å². The van der Waals surface area contributed by atoms with E-state index in [4.69, 9.17) is 5.73 Å². The van der Waals surface area contributed by atoms with Gasteiger partial charge in [0, 0.05) is 6.42 Å². The van der Waals surface area contributed by atoms with Crippen molar-refractivity contribution in [3.63, 3.8) is 0 Å². The normalized spacial score (nSPS) is 36.6. The average molecular weight is 193 g/mol. The van der Waals surface area contributed by atoms with Crippen LogP contribution in [-0.2, 0) is 0 Å². The molecule has 1 aliphatic heterocycles. The van der Waals surface area contributed by atoms with Crippen LogP contribution in [-0.4, -0.2) is 11.9 Å². The molecule has 0 aromatic heterocycles. The van der Waals surface area contributed by atoms with Gasteiger partial charge in [0.25, 0.3) is 0 Å². The molecule has 1 saturated carbocycles. The smallest absolute Gasteiger partial charge is 0.121 e. The minimum atomic E-state index is 0.504. The van der Waals surface area contributed by atoms with Crippen molar-refractivity contribution in [2.24, 2.45) is 22.7 Å². The highest BCUT2D eigenvalue weighted by molar-refractivity contribution is 5.82. The van der Waals surface area contributed by atoms with Gasteiger partial charge in [0.2, 0.25) is 0 Å². The molecule has 2 aliphatic rings. The first-order chi connectivity index (χ1) is 6.79. The molecule has 0 radical (unpaired) electrons. The van der Waals surface area contributed by atoms with Gasteiger partial charge in [-0.25, -0.2) is 0 Å². The summed E-state index contributed by atoms with van der Waals surface area (Å²) in [5.41, 5.74) is 8.81. The first kappa shape index (κ1) is 9.56. The molecule has 0 bridgehead atoms. The van der Waals surface area contributed by atoms with Gasteiger partial charge in [-0.05, 0) is 37.5 Å². The van der Waals surface area contributed by atoms with Gasteiger partial charge in [-0.1, -0.05) is 6.08 Å². The molecule has 1 fully saturated rings. The fourth-order valence-corrected chi connectivity index (χ4v) is 2.68. The Bertz CT molecular complexity index is 247. The Morgan fingerprint density at radius 3 is 3.07 bits per heavy atom. The van der Waals surface area contributed by atoms with E-state index < -0.39 is 0 Å². The summed E-state index contributed by atoms with van der Waals surface area (Å²) in [5.74, 6) is 2.38. The number of allylic oxidation sites excluding steroid dienone is 1. The molecule has 0 saturated heterocycles. The van der Waals surface area contributed by atoms with E-state index in [1.807, 2.05) is 6.08 Å². The first-order valence-corrected chi connectivity index (χ1v) is 5.48. The monoisotopic (exact) mass is 193 g/mol. The van der Waals surface area contributed by atoms with Gasteiger partial charge in [0.05, 0.1) is 6.04 Å². The highest BCUT2D eigenvalue weighted by Crippen LogP contribution is 2.36. The average Bonchev–Trinajstić information content (AvgIpc) is 2.74. The summed E-state index contributed by atoms with van der Waals surface area (Å²) in [6.07, 6.45) is 8.12. The SMILES string of the molecule is C=CCC1CCC(C2CC(N)=NN2)C1. The molecule has 0 amide bonds. The van der Waals surface area contributed by atoms with Crippen LogP contribution in [0.3, 0.4) is 0 Å². The molecule has 3 N–H and O–H groups in total. The van der Waals surface area contributed by atoms with Gasteiger partial charge in [-0.3, -0.25) is 0 Å². The van der Waals surface area contributed by atoms with Crippen molar-refractivity contribution >= 4 is 5.84 Å². The van der Waals surface area contributed by atoms with Crippen molar-refractivity contribution in [1.82, 2.24) is 5.43 Å². The molecule has 0 aromatic carbocycles. The van der Waals surface area contributed by atoms with Crippen LogP contribution in [0.2, 0.25) is 0 Å². The van der Waals surface area contributed by atoms with Gasteiger partial charge in [0.15, 0.2) is 0 Å². The van der Waals surface area contributed by atoms with Gasteiger partial charge >= 0.3 is 0 Å². The predicted octanol–water partition coefficient (Wildman–Crippen LogP) is 1.61. The summed E-state index contributed by atoms with van der Waals surface area (Å²) in [6, 6.07) is 0.504. The fraction of sp³-hybridized carbons (Fsp3) is 0.727. The summed E-state index contributed by atoms with van der Waals surface area (Å²) in [5, 5.41) is 4.06. The number of hydrogen-bond acceptors (Lipinski definition) is 3. The van der Waals surface area contributed by atoms with Crippen molar-refractivity contribution in [3.8, 4) is 0 Å². The third kappa shape index (κ3) is 1.91. The van der Waals surface area contributed by atoms with Crippen LogP contribution >= 0.6 is 0 Å². The second kappa shape index (κ2) is 4.03. The zero-order chi connectivity index (χ0) is 9.97. The largest absolute Gasteiger partial charge is 0.386 e. The summed E-state index contributed by atoms with van der Waals surface area (Å²) in [7, 11) is 0. The molecule has 1 aliphatic carbocycles. The van der Waals surface area contributed by atoms with Crippen LogP contribution in [0.1, 0.15) is 32.1 Å². The molecular formula is C11H19N3. The highest BCUT2D eigenvalue weighted by atomic mass is 15.3. The second-order valence-electron chi connectivity index (χ2n) is 4.51. The molecule has 3 heteroatoms. The molecule has 0 spiro atoms. The lowest BCUT2D eigenvalue weighted by molar-refractivity contribution is 0.377. The molecule has 14 heavy (non-hydrogen) atoms. The third-order valence-corrected chi connectivity index (χ3v) is 3.45. The molecule has 2 rings (SSSR count). The standard InChI is InChI=1S/C11H19N3/c1-2-3-8-4-5-9(6-8)10-7-11(12)14-13-10/h2,8-10,13H,1,3-7H2,(H2,12,14). The van der Waals surface area contributed by atoms with Crippen molar-refractivity contribution in [1.29, 1.82) is 0 Å². The van der Waals surface area contributed by atoms with Crippen LogP contribution in [0.25, 0.3) is 0 Å². The highest BCUT2D eigenvalue weighted by Gasteiger charge is 2.32. The van der Waals surface area contributed by atoms with Crippen molar-refractivity contribution < 1.29 is 0 Å². The maximum Gasteiger partial charge on any atom is 0.121 e. The van der Waals surface area contributed by atoms with E-state index in [1.165, 1.54) is 25.7 Å². The minimum Gasteiger partial charge on any atom is -0.386 e. The zero-order valence-corrected chi connectivity index (χ0v) is 8.58. The van der Waals surface area contributed by atoms with Crippen molar-refractivity contribution in [2.75, 3.05) is 0 Å². The number of nitrogens with two attached hydrogens (primary N) is 1. The lowest BCUT2D eigenvalue weighted by Crippen LogP contribution is -2.28. The number of nitrogens with one attached hydrogen (secondary N) is 1. The lowest BCUT2D eigenvalue weighted by Gasteiger charge is -2.17. The second-order valence-corrected chi connectivity index (χ2v) is 4.51. The molecule has 3 nitrogen and oxygen atoms in total. The third-order valence-electron chi connectivity index (χ3n) is 3.45. The zero-order valence-electron chi connectivity index (χ0n) is 8.58. The Hall–Kier alpha value is -0.990. The Balaban J connectivity index is 1.81. The summed E-state index contributed by atoms with van der Waals surface area (Å²) in [4.78, 5) is 0. The summed E-state index contributed by atoms with van der Waals surface area (Å²) >= 11 is 0. The number of hydrogen-bond donors (Lipinski definition) is 2. The van der Waals surface area contributed by atoms with Gasteiger partial charge in [0.1, 0.15) is 5.84 Å². The van der Waals surface area contributed by atoms with Crippen LogP contribution in [0.15, 0.2) is 17.8 Å². The Morgan fingerprint density at radius 1 is 1.57 bits per heavy atom. The van der Waals surface area contributed by atoms with Gasteiger partial charge in [-0.15, -0.1) is 6.58 Å². The van der Waals surface area contributed by atoms with Crippen molar-refractivity contribution in [3.05, 3.63) is 12.7 Å². The quantitative estimate of drug-likeness (QED) is 0.669. The van der Waals surface area contributed by atoms with Gasteiger partial charge in [-0.2, -0.15) is 5.10 Å². The number of amidine groups is 1. The van der Waals surface area contributed by atoms with E-state index >= 15 is 0 Å². The van der Waals surface area contributed by atoms with Gasteiger partial charge < -0.3 is 11.2 Å². The molecule has 78 valence electrons. The number of rotatable bonds is 3. The number of hydrazone groups is 1. The lowest BCUT2D eigenvalue weighted by atomic mass is 9.94. The van der Waals surface area contributed by atoms with Crippen molar-refractivity contribution in [2.45, 2.75) is 38.1 Å². The molecule has 3 unspecified atom stereocenters. The molecule has 3 atom stereocenters. The van der Waals surface area contributed by atoms with E-state index in [-0.39, 0.29) is 0 Å². The molecular weight excluding hydrogens is 174 g/mol. The number of nitrogens with zero attached hydrogens (tertiary/aromatic N) is 1. The van der Waals surface area contributed by atoms with E-state index in [0.717, 1.165) is 24.1 Å². The summed E-state index contributed by atoms with van der Waals surface area (Å²) < 4.78 is 0. The Morgan fingerprint density at radius 2 is 2.43 bits per heavy atom. The van der Waals surface area contributed by atoms with Crippen LogP contribution in [0.5, 0.6) is 0 Å². The maximum absolute atomic E-state index is 5.66. The fourth-order valence-electron chi connectivity index (χ4n) is 2.68. The minimum absolute atomic E-state index is 0.504. The van der Waals surface area contributed by atoms with E-state index in [1.54, 1.807) is 0 Å². The Labute approximate surface area is 85.4 Å². The van der Waals surface area contributed by atoms with E-state index in [9.17, 15) is 0 Å². The maximum atomic E-state index is 5.66. The molecule has 0 aromatic rings. The Kier molecular flexibility index (Phi) is 2.75. The van der Waals surface area contributed by atoms with Crippen LogP contribution < -0.4 is 11.2 Å².